The fraction of sp³-hybridized carbons (Fsp3) is 0.889. The van der Waals surface area contributed by atoms with Crippen molar-refractivity contribution in [3.05, 3.63) is 0 Å². The predicted molar refractivity (Wildman–Crippen MR) is 55.5 cm³/mol. The maximum Gasteiger partial charge on any atom is 0.234 e. The van der Waals surface area contributed by atoms with Crippen molar-refractivity contribution in [2.75, 3.05) is 6.54 Å². The molecular weight excluding hydrogens is 218 g/mol. The molecule has 0 spiro atoms. The van der Waals surface area contributed by atoms with Gasteiger partial charge in [-0.15, -0.1) is 0 Å². The van der Waals surface area contributed by atoms with Crippen LogP contribution in [0.4, 0.5) is 0 Å². The Balaban J connectivity index is 3.57. The van der Waals surface area contributed by atoms with E-state index in [1.165, 1.54) is 0 Å². The van der Waals surface area contributed by atoms with E-state index in [0.29, 0.717) is 5.92 Å². The van der Waals surface area contributed by atoms with Crippen molar-refractivity contribution in [2.24, 2.45) is 5.92 Å². The Labute approximate surface area is 83.2 Å². The normalized spacial score (nSPS) is 13.1. The van der Waals surface area contributed by atoms with Crippen LogP contribution >= 0.6 is 15.9 Å². The van der Waals surface area contributed by atoms with Crippen molar-refractivity contribution in [3.8, 4) is 0 Å². The predicted octanol–water partition coefficient (Wildman–Crippen LogP) is 2.32. The molecule has 0 aromatic heterocycles. The lowest BCUT2D eigenvalue weighted by Gasteiger charge is -2.13. The summed E-state index contributed by atoms with van der Waals surface area (Å²) in [7, 11) is 0. The van der Waals surface area contributed by atoms with Gasteiger partial charge < -0.3 is 5.32 Å². The highest BCUT2D eigenvalue weighted by molar-refractivity contribution is 9.10. The molecule has 0 heterocycles. The number of rotatable bonds is 5. The average Bonchev–Trinajstić information content (AvgIpc) is 2.03. The van der Waals surface area contributed by atoms with Crippen LogP contribution < -0.4 is 5.32 Å². The van der Waals surface area contributed by atoms with Crippen LogP contribution in [-0.4, -0.2) is 17.3 Å². The van der Waals surface area contributed by atoms with Crippen LogP contribution in [-0.2, 0) is 4.79 Å². The maximum atomic E-state index is 11.3. The van der Waals surface area contributed by atoms with Gasteiger partial charge in [0.2, 0.25) is 5.91 Å². The van der Waals surface area contributed by atoms with Gasteiger partial charge in [0.05, 0.1) is 4.83 Å². The largest absolute Gasteiger partial charge is 0.355 e. The summed E-state index contributed by atoms with van der Waals surface area (Å²) in [6, 6.07) is 0. The highest BCUT2D eigenvalue weighted by Crippen LogP contribution is 2.11. The van der Waals surface area contributed by atoms with Gasteiger partial charge >= 0.3 is 0 Å². The zero-order valence-electron chi connectivity index (χ0n) is 8.06. The van der Waals surface area contributed by atoms with Gasteiger partial charge in [-0.2, -0.15) is 0 Å². The lowest BCUT2D eigenvalue weighted by Crippen LogP contribution is -2.34. The molecule has 12 heavy (non-hydrogen) atoms. The van der Waals surface area contributed by atoms with Crippen molar-refractivity contribution >= 4 is 21.8 Å². The molecule has 0 aliphatic rings. The Morgan fingerprint density at radius 2 is 2.08 bits per heavy atom. The molecule has 0 aliphatic carbocycles. The topological polar surface area (TPSA) is 29.1 Å². The second-order valence-corrected chi connectivity index (χ2v) is 4.28. The molecule has 0 aromatic rings. The minimum Gasteiger partial charge on any atom is -0.355 e. The van der Waals surface area contributed by atoms with Crippen LogP contribution in [0.3, 0.4) is 0 Å². The molecule has 0 radical (unpaired) electrons. The number of halogens is 1. The van der Waals surface area contributed by atoms with Crippen molar-refractivity contribution in [3.63, 3.8) is 0 Å². The summed E-state index contributed by atoms with van der Waals surface area (Å²) >= 11 is 3.35. The Kier molecular flexibility index (Phi) is 6.44. The molecule has 1 amide bonds. The summed E-state index contributed by atoms with van der Waals surface area (Å²) in [5.74, 6) is 0.463. The fourth-order valence-electron chi connectivity index (χ4n) is 0.789. The molecule has 1 N–H and O–H groups in total. The number of alkyl halides is 1. The first-order valence-corrected chi connectivity index (χ1v) is 5.43. The van der Waals surface area contributed by atoms with Crippen LogP contribution in [0.25, 0.3) is 0 Å². The Morgan fingerprint density at radius 1 is 1.50 bits per heavy atom. The summed E-state index contributed by atoms with van der Waals surface area (Å²) in [6.07, 6.45) is 2.18. The number of hydrogen-bond donors (Lipinski definition) is 1. The maximum absolute atomic E-state index is 11.3. The first kappa shape index (κ1) is 11.9. The molecule has 0 saturated carbocycles. The standard InChI is InChI=1S/C9H18BrNO/c1-4-5-6-11-9(12)8(10)7(2)3/h7-8H,4-6H2,1-3H3,(H,11,12). The number of carbonyl (C=O) groups is 1. The SMILES string of the molecule is CCCCNC(=O)C(Br)C(C)C. The quantitative estimate of drug-likeness (QED) is 0.576. The second kappa shape index (κ2) is 6.46. The number of unbranched alkanes of at least 4 members (excludes halogenated alkanes) is 1. The summed E-state index contributed by atoms with van der Waals surface area (Å²) in [6.45, 7) is 6.96. The van der Waals surface area contributed by atoms with Crippen molar-refractivity contribution < 1.29 is 4.79 Å². The van der Waals surface area contributed by atoms with Gasteiger partial charge in [-0.3, -0.25) is 4.79 Å². The van der Waals surface area contributed by atoms with Gasteiger partial charge in [-0.25, -0.2) is 0 Å². The van der Waals surface area contributed by atoms with Gasteiger partial charge in [0, 0.05) is 6.54 Å². The minimum absolute atomic E-state index is 0.0469. The summed E-state index contributed by atoms with van der Waals surface area (Å²) in [5.41, 5.74) is 0. The van der Waals surface area contributed by atoms with Crippen LogP contribution in [0.1, 0.15) is 33.6 Å². The van der Waals surface area contributed by atoms with Gasteiger partial charge in [0.15, 0.2) is 0 Å². The molecule has 1 atom stereocenters. The van der Waals surface area contributed by atoms with E-state index in [-0.39, 0.29) is 10.7 Å². The third kappa shape index (κ3) is 4.75. The highest BCUT2D eigenvalue weighted by atomic mass is 79.9. The van der Waals surface area contributed by atoms with Gasteiger partial charge in [0.1, 0.15) is 0 Å². The van der Waals surface area contributed by atoms with Gasteiger partial charge in [-0.1, -0.05) is 43.1 Å². The fourth-order valence-corrected chi connectivity index (χ4v) is 0.950. The Hall–Kier alpha value is -0.0500. The molecule has 72 valence electrons. The van der Waals surface area contributed by atoms with E-state index in [1.807, 2.05) is 13.8 Å². The molecule has 3 heteroatoms. The molecule has 2 nitrogen and oxygen atoms in total. The monoisotopic (exact) mass is 235 g/mol. The van der Waals surface area contributed by atoms with Crippen molar-refractivity contribution in [1.82, 2.24) is 5.32 Å². The lowest BCUT2D eigenvalue weighted by molar-refractivity contribution is -0.121. The van der Waals surface area contributed by atoms with E-state index >= 15 is 0 Å². The molecule has 0 saturated heterocycles. The minimum atomic E-state index is -0.0469. The first-order chi connectivity index (χ1) is 5.59. The average molecular weight is 236 g/mol. The molecule has 0 aromatic carbocycles. The summed E-state index contributed by atoms with van der Waals surface area (Å²) in [5, 5.41) is 2.88. The van der Waals surface area contributed by atoms with Crippen LogP contribution in [0.2, 0.25) is 0 Å². The molecular formula is C9H18BrNO. The lowest BCUT2D eigenvalue weighted by atomic mass is 10.1. The molecule has 0 aliphatic heterocycles. The summed E-state index contributed by atoms with van der Waals surface area (Å²) < 4.78 is 0. The van der Waals surface area contributed by atoms with E-state index in [2.05, 4.69) is 28.2 Å². The third-order valence-electron chi connectivity index (χ3n) is 1.67. The summed E-state index contributed by atoms with van der Waals surface area (Å²) in [4.78, 5) is 11.3. The first-order valence-electron chi connectivity index (χ1n) is 4.51. The van der Waals surface area contributed by atoms with E-state index < -0.39 is 0 Å². The molecule has 0 fully saturated rings. The number of nitrogens with one attached hydrogen (secondary N) is 1. The molecule has 0 bridgehead atoms. The second-order valence-electron chi connectivity index (χ2n) is 3.29. The van der Waals surface area contributed by atoms with E-state index in [0.717, 1.165) is 19.4 Å². The van der Waals surface area contributed by atoms with Crippen LogP contribution in [0, 0.1) is 5.92 Å². The Bertz CT molecular complexity index is 136. The van der Waals surface area contributed by atoms with Crippen molar-refractivity contribution in [2.45, 2.75) is 38.4 Å². The zero-order valence-corrected chi connectivity index (χ0v) is 9.65. The smallest absolute Gasteiger partial charge is 0.234 e. The highest BCUT2D eigenvalue weighted by Gasteiger charge is 2.17. The zero-order chi connectivity index (χ0) is 9.56. The van der Waals surface area contributed by atoms with E-state index in [1.54, 1.807) is 0 Å². The molecule has 0 rings (SSSR count). The van der Waals surface area contributed by atoms with Gasteiger partial charge in [0.25, 0.3) is 0 Å². The van der Waals surface area contributed by atoms with E-state index in [4.69, 9.17) is 0 Å². The third-order valence-corrected chi connectivity index (χ3v) is 3.14. The van der Waals surface area contributed by atoms with Crippen LogP contribution in [0.15, 0.2) is 0 Å². The van der Waals surface area contributed by atoms with E-state index in [9.17, 15) is 4.79 Å². The van der Waals surface area contributed by atoms with Crippen LogP contribution in [0.5, 0.6) is 0 Å². The number of hydrogen-bond acceptors (Lipinski definition) is 1. The number of carbonyl (C=O) groups excluding carboxylic acids is 1. The van der Waals surface area contributed by atoms with Crippen molar-refractivity contribution in [1.29, 1.82) is 0 Å². The number of amides is 1. The van der Waals surface area contributed by atoms with Gasteiger partial charge in [-0.05, 0) is 12.3 Å². The Morgan fingerprint density at radius 3 is 2.50 bits per heavy atom. The molecule has 1 unspecified atom stereocenters.